The van der Waals surface area contributed by atoms with Crippen LogP contribution >= 0.6 is 11.6 Å². The summed E-state index contributed by atoms with van der Waals surface area (Å²) < 4.78 is 5.04. The molecule has 0 spiro atoms. The first-order valence-corrected chi connectivity index (χ1v) is 6.86. The van der Waals surface area contributed by atoms with Gasteiger partial charge in [0.1, 0.15) is 5.75 Å². The molecule has 0 aliphatic carbocycles. The second-order valence-corrected chi connectivity index (χ2v) is 5.40. The SMILES string of the molecule is COc1ccc(NC(=O)C[NH+](C)CC(=O)N(C)C)cc1Cl. The largest absolute Gasteiger partial charge is 0.495 e. The van der Waals surface area contributed by atoms with Gasteiger partial charge in [-0.1, -0.05) is 11.6 Å². The Bertz CT molecular complexity index is 520. The minimum atomic E-state index is -0.180. The van der Waals surface area contributed by atoms with Crippen LogP contribution in [-0.2, 0) is 9.59 Å². The summed E-state index contributed by atoms with van der Waals surface area (Å²) in [6.07, 6.45) is 0. The van der Waals surface area contributed by atoms with E-state index in [1.807, 2.05) is 0 Å². The number of benzene rings is 1. The van der Waals surface area contributed by atoms with E-state index in [2.05, 4.69) is 5.32 Å². The van der Waals surface area contributed by atoms with Crippen LogP contribution in [0.4, 0.5) is 5.69 Å². The minimum absolute atomic E-state index is 0.0206. The van der Waals surface area contributed by atoms with Gasteiger partial charge < -0.3 is 19.9 Å². The number of likely N-dealkylation sites (N-methyl/N-ethyl adjacent to an activating group) is 2. The van der Waals surface area contributed by atoms with E-state index in [-0.39, 0.29) is 24.9 Å². The normalized spacial score (nSPS) is 11.7. The van der Waals surface area contributed by atoms with Crippen molar-refractivity contribution in [3.63, 3.8) is 0 Å². The van der Waals surface area contributed by atoms with E-state index in [9.17, 15) is 9.59 Å². The Kier molecular flexibility index (Phi) is 6.45. The van der Waals surface area contributed by atoms with Gasteiger partial charge in [0, 0.05) is 19.8 Å². The highest BCUT2D eigenvalue weighted by atomic mass is 35.5. The molecule has 1 unspecified atom stereocenters. The molecule has 0 aromatic heterocycles. The van der Waals surface area contributed by atoms with Crippen molar-refractivity contribution in [1.82, 2.24) is 4.90 Å². The lowest BCUT2D eigenvalue weighted by atomic mass is 10.3. The number of halogens is 1. The molecule has 116 valence electrons. The number of methoxy groups -OCH3 is 1. The molecule has 2 N–H and O–H groups in total. The number of ether oxygens (including phenoxy) is 1. The molecule has 0 aliphatic heterocycles. The van der Waals surface area contributed by atoms with E-state index in [1.165, 1.54) is 12.0 Å². The van der Waals surface area contributed by atoms with E-state index in [4.69, 9.17) is 16.3 Å². The second kappa shape index (κ2) is 7.85. The van der Waals surface area contributed by atoms with Gasteiger partial charge in [-0.2, -0.15) is 0 Å². The molecule has 1 rings (SSSR count). The summed E-state index contributed by atoms with van der Waals surface area (Å²) in [4.78, 5) is 25.8. The Morgan fingerprint density at radius 3 is 2.52 bits per heavy atom. The first kappa shape index (κ1) is 17.3. The highest BCUT2D eigenvalue weighted by molar-refractivity contribution is 6.32. The molecule has 0 aliphatic rings. The molecular weight excluding hydrogens is 294 g/mol. The lowest BCUT2D eigenvalue weighted by molar-refractivity contribution is -0.862. The summed E-state index contributed by atoms with van der Waals surface area (Å²) >= 11 is 5.99. The molecule has 7 heteroatoms. The Balaban J connectivity index is 2.53. The number of rotatable bonds is 6. The van der Waals surface area contributed by atoms with E-state index < -0.39 is 0 Å². The van der Waals surface area contributed by atoms with Gasteiger partial charge in [-0.25, -0.2) is 0 Å². The van der Waals surface area contributed by atoms with Gasteiger partial charge in [-0.3, -0.25) is 9.59 Å². The van der Waals surface area contributed by atoms with Crippen molar-refractivity contribution < 1.29 is 19.2 Å². The number of quaternary nitrogens is 1. The number of anilines is 1. The Hall–Kier alpha value is -1.79. The molecule has 0 saturated heterocycles. The first-order chi connectivity index (χ1) is 9.83. The molecule has 6 nitrogen and oxygen atoms in total. The van der Waals surface area contributed by atoms with Crippen LogP contribution in [0, 0.1) is 0 Å². The third-order valence-electron chi connectivity index (χ3n) is 2.85. The number of hydrogen-bond acceptors (Lipinski definition) is 3. The zero-order chi connectivity index (χ0) is 16.0. The lowest BCUT2D eigenvalue weighted by Crippen LogP contribution is -3.11. The highest BCUT2D eigenvalue weighted by Gasteiger charge is 2.15. The molecule has 2 amide bonds. The zero-order valence-electron chi connectivity index (χ0n) is 12.7. The molecule has 1 aromatic carbocycles. The standard InChI is InChI=1S/C14H20ClN3O3/c1-17(2)14(20)9-18(3)8-13(19)16-10-5-6-12(21-4)11(15)7-10/h5-7H,8-9H2,1-4H3,(H,16,19)/p+1. The molecule has 0 radical (unpaired) electrons. The van der Waals surface area contributed by atoms with Gasteiger partial charge in [-0.05, 0) is 18.2 Å². The maximum Gasteiger partial charge on any atom is 0.279 e. The molecule has 0 heterocycles. The monoisotopic (exact) mass is 314 g/mol. The van der Waals surface area contributed by atoms with E-state index in [0.717, 1.165) is 4.90 Å². The number of nitrogens with one attached hydrogen (secondary N) is 2. The quantitative estimate of drug-likeness (QED) is 0.770. The van der Waals surface area contributed by atoms with Crippen LogP contribution in [0.2, 0.25) is 5.02 Å². The molecule has 1 atom stereocenters. The summed E-state index contributed by atoms with van der Waals surface area (Å²) in [5.74, 6) is 0.349. The van der Waals surface area contributed by atoms with Gasteiger partial charge in [-0.15, -0.1) is 0 Å². The Labute approximate surface area is 129 Å². The lowest BCUT2D eigenvalue weighted by Gasteiger charge is -2.16. The van der Waals surface area contributed by atoms with Gasteiger partial charge >= 0.3 is 0 Å². The average molecular weight is 315 g/mol. The van der Waals surface area contributed by atoms with Crippen LogP contribution in [-0.4, -0.2) is 58.1 Å². The fraction of sp³-hybridized carbons (Fsp3) is 0.429. The van der Waals surface area contributed by atoms with Gasteiger partial charge in [0.2, 0.25) is 0 Å². The van der Waals surface area contributed by atoms with Crippen molar-refractivity contribution in [2.24, 2.45) is 0 Å². The third-order valence-corrected chi connectivity index (χ3v) is 3.15. The average Bonchev–Trinajstić information content (AvgIpc) is 2.38. The molecule has 0 fully saturated rings. The number of carbonyl (C=O) groups excluding carboxylic acids is 2. The maximum atomic E-state index is 11.9. The fourth-order valence-electron chi connectivity index (χ4n) is 1.70. The van der Waals surface area contributed by atoms with Gasteiger partial charge in [0.05, 0.1) is 19.2 Å². The van der Waals surface area contributed by atoms with Crippen molar-refractivity contribution in [3.8, 4) is 5.75 Å². The van der Waals surface area contributed by atoms with Crippen LogP contribution in [0.15, 0.2) is 18.2 Å². The number of hydrogen-bond donors (Lipinski definition) is 2. The molecular formula is C14H21ClN3O3+. The fourth-order valence-corrected chi connectivity index (χ4v) is 1.96. The topological polar surface area (TPSA) is 63.1 Å². The van der Waals surface area contributed by atoms with Gasteiger partial charge in [0.25, 0.3) is 11.8 Å². The Morgan fingerprint density at radius 2 is 2.00 bits per heavy atom. The predicted molar refractivity (Wildman–Crippen MR) is 81.9 cm³/mol. The first-order valence-electron chi connectivity index (χ1n) is 6.48. The molecule has 0 bridgehead atoms. The second-order valence-electron chi connectivity index (χ2n) is 5.00. The maximum absolute atomic E-state index is 11.9. The van der Waals surface area contributed by atoms with Crippen LogP contribution in [0.3, 0.4) is 0 Å². The number of amides is 2. The van der Waals surface area contributed by atoms with E-state index in [0.29, 0.717) is 16.5 Å². The van der Waals surface area contributed by atoms with Crippen molar-refractivity contribution in [3.05, 3.63) is 23.2 Å². The molecule has 21 heavy (non-hydrogen) atoms. The number of carbonyl (C=O) groups is 2. The van der Waals surface area contributed by atoms with Crippen LogP contribution in [0.5, 0.6) is 5.75 Å². The summed E-state index contributed by atoms with van der Waals surface area (Å²) in [6, 6.07) is 5.02. The van der Waals surface area contributed by atoms with Crippen molar-refractivity contribution >= 4 is 29.1 Å². The minimum Gasteiger partial charge on any atom is -0.495 e. The summed E-state index contributed by atoms with van der Waals surface area (Å²) in [7, 11) is 6.70. The number of nitrogens with zero attached hydrogens (tertiary/aromatic N) is 1. The Morgan fingerprint density at radius 1 is 1.33 bits per heavy atom. The molecule has 0 saturated carbocycles. The van der Waals surface area contributed by atoms with Crippen molar-refractivity contribution in [1.29, 1.82) is 0 Å². The van der Waals surface area contributed by atoms with Crippen molar-refractivity contribution in [2.75, 3.05) is 46.7 Å². The summed E-state index contributed by atoms with van der Waals surface area (Å²) in [5.41, 5.74) is 0.595. The highest BCUT2D eigenvalue weighted by Crippen LogP contribution is 2.26. The van der Waals surface area contributed by atoms with Crippen LogP contribution < -0.4 is 15.0 Å². The summed E-state index contributed by atoms with van der Waals surface area (Å²) in [6.45, 7) is 0.465. The van der Waals surface area contributed by atoms with E-state index in [1.54, 1.807) is 39.3 Å². The van der Waals surface area contributed by atoms with Crippen LogP contribution in [0.25, 0.3) is 0 Å². The smallest absolute Gasteiger partial charge is 0.279 e. The zero-order valence-corrected chi connectivity index (χ0v) is 13.5. The summed E-state index contributed by atoms with van der Waals surface area (Å²) in [5, 5.41) is 3.17. The van der Waals surface area contributed by atoms with E-state index >= 15 is 0 Å². The van der Waals surface area contributed by atoms with Crippen molar-refractivity contribution in [2.45, 2.75) is 0 Å². The predicted octanol–water partition coefficient (Wildman–Crippen LogP) is -0.110. The third kappa shape index (κ3) is 5.61. The van der Waals surface area contributed by atoms with Gasteiger partial charge in [0.15, 0.2) is 13.1 Å². The van der Waals surface area contributed by atoms with Crippen LogP contribution in [0.1, 0.15) is 0 Å². The molecule has 1 aromatic rings.